The van der Waals surface area contributed by atoms with Gasteiger partial charge in [-0.3, -0.25) is 4.79 Å². The van der Waals surface area contributed by atoms with E-state index in [2.05, 4.69) is 17.1 Å². The van der Waals surface area contributed by atoms with Crippen molar-refractivity contribution in [3.05, 3.63) is 0 Å². The van der Waals surface area contributed by atoms with E-state index in [1.807, 2.05) is 14.0 Å². The molecule has 0 radical (unpaired) electrons. The van der Waals surface area contributed by atoms with Crippen molar-refractivity contribution in [3.8, 4) is 0 Å². The molecule has 0 heterocycles. The predicted molar refractivity (Wildman–Crippen MR) is 63.7 cm³/mol. The molecule has 0 spiro atoms. The SMILES string of the molecule is CCCNC(=O)CC(CN)N(C)CCC. The Morgan fingerprint density at radius 1 is 1.40 bits per heavy atom. The highest BCUT2D eigenvalue weighted by Gasteiger charge is 2.15. The fourth-order valence-electron chi connectivity index (χ4n) is 1.50. The summed E-state index contributed by atoms with van der Waals surface area (Å²) in [5, 5.41) is 2.87. The van der Waals surface area contributed by atoms with E-state index in [0.29, 0.717) is 13.0 Å². The summed E-state index contributed by atoms with van der Waals surface area (Å²) in [7, 11) is 2.02. The fraction of sp³-hybridized carbons (Fsp3) is 0.909. The molecule has 1 unspecified atom stereocenters. The summed E-state index contributed by atoms with van der Waals surface area (Å²) >= 11 is 0. The van der Waals surface area contributed by atoms with E-state index in [0.717, 1.165) is 25.9 Å². The zero-order valence-electron chi connectivity index (χ0n) is 10.3. The number of nitrogens with zero attached hydrogens (tertiary/aromatic N) is 1. The summed E-state index contributed by atoms with van der Waals surface area (Å²) in [4.78, 5) is 13.6. The maximum atomic E-state index is 11.5. The molecule has 3 N–H and O–H groups in total. The minimum atomic E-state index is 0.107. The molecule has 0 rings (SSSR count). The summed E-state index contributed by atoms with van der Waals surface area (Å²) in [5.74, 6) is 0.107. The first-order valence-electron chi connectivity index (χ1n) is 5.82. The van der Waals surface area contributed by atoms with Crippen LogP contribution in [0.3, 0.4) is 0 Å². The smallest absolute Gasteiger partial charge is 0.221 e. The van der Waals surface area contributed by atoms with E-state index < -0.39 is 0 Å². The molecular weight excluding hydrogens is 190 g/mol. The predicted octanol–water partition coefficient (Wildman–Crippen LogP) is 0.572. The van der Waals surface area contributed by atoms with E-state index >= 15 is 0 Å². The molecule has 4 nitrogen and oxygen atoms in total. The molecule has 0 aliphatic heterocycles. The zero-order chi connectivity index (χ0) is 11.7. The van der Waals surface area contributed by atoms with Gasteiger partial charge in [-0.1, -0.05) is 13.8 Å². The van der Waals surface area contributed by atoms with Crippen molar-refractivity contribution in [3.63, 3.8) is 0 Å². The van der Waals surface area contributed by atoms with E-state index in [9.17, 15) is 4.79 Å². The molecule has 0 saturated carbocycles. The van der Waals surface area contributed by atoms with Gasteiger partial charge < -0.3 is 16.0 Å². The zero-order valence-corrected chi connectivity index (χ0v) is 10.3. The Hall–Kier alpha value is -0.610. The van der Waals surface area contributed by atoms with Crippen molar-refractivity contribution < 1.29 is 4.79 Å². The normalized spacial score (nSPS) is 12.9. The quantitative estimate of drug-likeness (QED) is 0.622. The van der Waals surface area contributed by atoms with Crippen LogP contribution in [0.1, 0.15) is 33.1 Å². The van der Waals surface area contributed by atoms with Crippen molar-refractivity contribution in [2.75, 3.05) is 26.7 Å². The number of rotatable bonds is 8. The summed E-state index contributed by atoms with van der Waals surface area (Å²) in [5.41, 5.74) is 5.66. The van der Waals surface area contributed by atoms with Gasteiger partial charge in [0, 0.05) is 25.6 Å². The lowest BCUT2D eigenvalue weighted by Gasteiger charge is -2.25. The fourth-order valence-corrected chi connectivity index (χ4v) is 1.50. The lowest BCUT2D eigenvalue weighted by atomic mass is 10.1. The number of carbonyl (C=O) groups excluding carboxylic acids is 1. The van der Waals surface area contributed by atoms with Gasteiger partial charge >= 0.3 is 0 Å². The van der Waals surface area contributed by atoms with Gasteiger partial charge in [0.2, 0.25) is 5.91 Å². The third-order valence-corrected chi connectivity index (χ3v) is 2.46. The van der Waals surface area contributed by atoms with Gasteiger partial charge in [-0.25, -0.2) is 0 Å². The van der Waals surface area contributed by atoms with Gasteiger partial charge in [-0.15, -0.1) is 0 Å². The standard InChI is InChI=1S/C11H25N3O/c1-4-6-13-11(15)8-10(9-12)14(3)7-5-2/h10H,4-9,12H2,1-3H3,(H,13,15). The molecule has 4 heteroatoms. The van der Waals surface area contributed by atoms with Gasteiger partial charge in [0.25, 0.3) is 0 Å². The maximum absolute atomic E-state index is 11.5. The lowest BCUT2D eigenvalue weighted by molar-refractivity contribution is -0.122. The van der Waals surface area contributed by atoms with Crippen LogP contribution in [0, 0.1) is 0 Å². The molecule has 90 valence electrons. The molecule has 1 atom stereocenters. The number of nitrogens with one attached hydrogen (secondary N) is 1. The minimum Gasteiger partial charge on any atom is -0.356 e. The number of nitrogens with two attached hydrogens (primary N) is 1. The second kappa shape index (κ2) is 8.68. The molecule has 0 saturated heterocycles. The minimum absolute atomic E-state index is 0.107. The van der Waals surface area contributed by atoms with Gasteiger partial charge in [0.1, 0.15) is 0 Å². The molecule has 1 amide bonds. The van der Waals surface area contributed by atoms with Crippen molar-refractivity contribution in [1.29, 1.82) is 0 Å². The number of carbonyl (C=O) groups is 1. The number of amides is 1. The van der Waals surface area contributed by atoms with E-state index in [-0.39, 0.29) is 11.9 Å². The third-order valence-electron chi connectivity index (χ3n) is 2.46. The van der Waals surface area contributed by atoms with E-state index in [4.69, 9.17) is 5.73 Å². The van der Waals surface area contributed by atoms with Crippen molar-refractivity contribution in [2.24, 2.45) is 5.73 Å². The van der Waals surface area contributed by atoms with Crippen LogP contribution in [0.25, 0.3) is 0 Å². The molecule has 0 aliphatic carbocycles. The molecule has 0 aliphatic rings. The van der Waals surface area contributed by atoms with Gasteiger partial charge in [0.15, 0.2) is 0 Å². The Kier molecular flexibility index (Phi) is 8.33. The van der Waals surface area contributed by atoms with Crippen LogP contribution in [-0.4, -0.2) is 43.5 Å². The highest BCUT2D eigenvalue weighted by Crippen LogP contribution is 2.01. The van der Waals surface area contributed by atoms with Crippen LogP contribution in [-0.2, 0) is 4.79 Å². The Labute approximate surface area is 93.2 Å². The molecule has 0 aromatic carbocycles. The Morgan fingerprint density at radius 3 is 2.53 bits per heavy atom. The first-order chi connectivity index (χ1) is 7.15. The number of hydrogen-bond donors (Lipinski definition) is 2. The van der Waals surface area contributed by atoms with Crippen molar-refractivity contribution in [1.82, 2.24) is 10.2 Å². The summed E-state index contributed by atoms with van der Waals surface area (Å²) in [6.07, 6.45) is 2.57. The molecule has 0 aromatic rings. The average molecular weight is 215 g/mol. The third kappa shape index (κ3) is 6.47. The molecule has 15 heavy (non-hydrogen) atoms. The van der Waals surface area contributed by atoms with Crippen LogP contribution < -0.4 is 11.1 Å². The Balaban J connectivity index is 3.91. The van der Waals surface area contributed by atoms with Gasteiger partial charge in [0.05, 0.1) is 0 Å². The second-order valence-corrected chi connectivity index (χ2v) is 3.92. The summed E-state index contributed by atoms with van der Waals surface area (Å²) < 4.78 is 0. The van der Waals surface area contributed by atoms with Crippen molar-refractivity contribution >= 4 is 5.91 Å². The molecule has 0 bridgehead atoms. The summed E-state index contributed by atoms with van der Waals surface area (Å²) in [6.45, 7) is 6.46. The highest BCUT2D eigenvalue weighted by atomic mass is 16.1. The van der Waals surface area contributed by atoms with Crippen LogP contribution >= 0.6 is 0 Å². The van der Waals surface area contributed by atoms with Crippen LogP contribution in [0.4, 0.5) is 0 Å². The highest BCUT2D eigenvalue weighted by molar-refractivity contribution is 5.76. The van der Waals surface area contributed by atoms with Crippen molar-refractivity contribution in [2.45, 2.75) is 39.2 Å². The number of likely N-dealkylation sites (N-methyl/N-ethyl adjacent to an activating group) is 1. The molecule has 0 aromatic heterocycles. The maximum Gasteiger partial charge on any atom is 0.221 e. The lowest BCUT2D eigenvalue weighted by Crippen LogP contribution is -2.42. The second-order valence-electron chi connectivity index (χ2n) is 3.92. The van der Waals surface area contributed by atoms with E-state index in [1.54, 1.807) is 0 Å². The Morgan fingerprint density at radius 2 is 2.07 bits per heavy atom. The Bertz CT molecular complexity index is 173. The average Bonchev–Trinajstić information content (AvgIpc) is 2.23. The number of hydrogen-bond acceptors (Lipinski definition) is 3. The van der Waals surface area contributed by atoms with Gasteiger partial charge in [-0.05, 0) is 26.4 Å². The van der Waals surface area contributed by atoms with Gasteiger partial charge in [-0.2, -0.15) is 0 Å². The monoisotopic (exact) mass is 215 g/mol. The topological polar surface area (TPSA) is 58.4 Å². The molecular formula is C11H25N3O. The van der Waals surface area contributed by atoms with E-state index in [1.165, 1.54) is 0 Å². The summed E-state index contributed by atoms with van der Waals surface area (Å²) in [6, 6.07) is 0.168. The van der Waals surface area contributed by atoms with Crippen LogP contribution in [0.2, 0.25) is 0 Å². The molecule has 0 fully saturated rings. The van der Waals surface area contributed by atoms with Crippen LogP contribution in [0.15, 0.2) is 0 Å². The first kappa shape index (κ1) is 14.4. The largest absolute Gasteiger partial charge is 0.356 e. The van der Waals surface area contributed by atoms with Crippen LogP contribution in [0.5, 0.6) is 0 Å². The first-order valence-corrected chi connectivity index (χ1v) is 5.82.